The van der Waals surface area contributed by atoms with Gasteiger partial charge in [-0.3, -0.25) is 4.79 Å². The molecular formula is C13H18N2O4. The number of carboxylic acid groups (broad SMARTS) is 1. The van der Waals surface area contributed by atoms with Gasteiger partial charge in [-0.05, 0) is 30.2 Å². The van der Waals surface area contributed by atoms with Crippen molar-refractivity contribution < 1.29 is 19.4 Å². The molecule has 19 heavy (non-hydrogen) atoms. The van der Waals surface area contributed by atoms with Gasteiger partial charge in [0, 0.05) is 5.69 Å². The zero-order valence-corrected chi connectivity index (χ0v) is 11.0. The summed E-state index contributed by atoms with van der Waals surface area (Å²) in [5.41, 5.74) is 0.569. The highest BCUT2D eigenvalue weighted by Crippen LogP contribution is 2.16. The third kappa shape index (κ3) is 6.30. The highest BCUT2D eigenvalue weighted by atomic mass is 16.5. The first-order valence-electron chi connectivity index (χ1n) is 5.97. The average Bonchev–Trinajstić information content (AvgIpc) is 2.35. The van der Waals surface area contributed by atoms with E-state index in [1.165, 1.54) is 0 Å². The molecule has 0 unspecified atom stereocenters. The molecule has 0 spiro atoms. The Morgan fingerprint density at radius 1 is 1.26 bits per heavy atom. The highest BCUT2D eigenvalue weighted by molar-refractivity contribution is 5.91. The van der Waals surface area contributed by atoms with Crippen LogP contribution in [-0.2, 0) is 4.79 Å². The minimum Gasteiger partial charge on any atom is -0.493 e. The van der Waals surface area contributed by atoms with Gasteiger partial charge in [-0.25, -0.2) is 4.79 Å². The first-order valence-corrected chi connectivity index (χ1v) is 5.97. The number of benzene rings is 1. The van der Waals surface area contributed by atoms with E-state index in [0.29, 0.717) is 18.2 Å². The van der Waals surface area contributed by atoms with Crippen LogP contribution in [0.1, 0.15) is 13.8 Å². The van der Waals surface area contributed by atoms with Gasteiger partial charge in [0.05, 0.1) is 6.61 Å². The number of amides is 2. The van der Waals surface area contributed by atoms with Crippen molar-refractivity contribution in [1.29, 1.82) is 0 Å². The Bertz CT molecular complexity index is 429. The summed E-state index contributed by atoms with van der Waals surface area (Å²) < 4.78 is 5.50. The summed E-state index contributed by atoms with van der Waals surface area (Å²) in [6, 6.07) is 6.31. The SMILES string of the molecule is CC(C)COc1ccc(NC(=O)NCC(=O)O)cc1. The molecule has 1 aromatic carbocycles. The molecule has 0 aliphatic rings. The fourth-order valence-corrected chi connectivity index (χ4v) is 1.23. The number of ether oxygens (including phenoxy) is 1. The number of carbonyl (C=O) groups excluding carboxylic acids is 1. The van der Waals surface area contributed by atoms with Gasteiger partial charge in [0.2, 0.25) is 0 Å². The molecule has 0 saturated carbocycles. The van der Waals surface area contributed by atoms with Crippen molar-refractivity contribution in [3.63, 3.8) is 0 Å². The highest BCUT2D eigenvalue weighted by Gasteiger charge is 2.04. The Labute approximate surface area is 111 Å². The first kappa shape index (κ1) is 14.8. The van der Waals surface area contributed by atoms with E-state index < -0.39 is 18.5 Å². The monoisotopic (exact) mass is 266 g/mol. The number of anilines is 1. The van der Waals surface area contributed by atoms with Gasteiger partial charge >= 0.3 is 12.0 Å². The summed E-state index contributed by atoms with van der Waals surface area (Å²) in [7, 11) is 0. The number of hydrogen-bond acceptors (Lipinski definition) is 3. The van der Waals surface area contributed by atoms with E-state index in [9.17, 15) is 9.59 Å². The van der Waals surface area contributed by atoms with Crippen molar-refractivity contribution in [3.8, 4) is 5.75 Å². The fourth-order valence-electron chi connectivity index (χ4n) is 1.23. The number of aliphatic carboxylic acids is 1. The first-order chi connectivity index (χ1) is 8.97. The van der Waals surface area contributed by atoms with Crippen molar-refractivity contribution in [3.05, 3.63) is 24.3 Å². The summed E-state index contributed by atoms with van der Waals surface area (Å²) in [6.07, 6.45) is 0. The third-order valence-corrected chi connectivity index (χ3v) is 2.10. The summed E-state index contributed by atoms with van der Waals surface area (Å²) >= 11 is 0. The summed E-state index contributed by atoms with van der Waals surface area (Å²) in [6.45, 7) is 4.33. The molecule has 0 fully saturated rings. The smallest absolute Gasteiger partial charge is 0.323 e. The van der Waals surface area contributed by atoms with Crippen LogP contribution in [0.25, 0.3) is 0 Å². The molecule has 6 nitrogen and oxygen atoms in total. The molecule has 104 valence electrons. The van der Waals surface area contributed by atoms with E-state index in [4.69, 9.17) is 9.84 Å². The predicted octanol–water partition coefficient (Wildman–Crippen LogP) is 1.93. The van der Waals surface area contributed by atoms with E-state index >= 15 is 0 Å². The van der Waals surface area contributed by atoms with Crippen LogP contribution >= 0.6 is 0 Å². The van der Waals surface area contributed by atoms with Crippen LogP contribution in [0.15, 0.2) is 24.3 Å². The second-order valence-electron chi connectivity index (χ2n) is 4.43. The number of rotatable bonds is 6. The molecule has 0 aliphatic heterocycles. The maximum absolute atomic E-state index is 11.3. The molecular weight excluding hydrogens is 248 g/mol. The lowest BCUT2D eigenvalue weighted by Gasteiger charge is -2.10. The van der Waals surface area contributed by atoms with Crippen LogP contribution < -0.4 is 15.4 Å². The summed E-state index contributed by atoms with van der Waals surface area (Å²) in [4.78, 5) is 21.6. The Balaban J connectivity index is 2.43. The van der Waals surface area contributed by atoms with Crippen molar-refractivity contribution in [2.24, 2.45) is 5.92 Å². The number of carboxylic acids is 1. The molecule has 0 heterocycles. The Hall–Kier alpha value is -2.24. The maximum Gasteiger partial charge on any atom is 0.323 e. The molecule has 0 saturated heterocycles. The van der Waals surface area contributed by atoms with Gasteiger partial charge in [-0.2, -0.15) is 0 Å². The van der Waals surface area contributed by atoms with Gasteiger partial charge < -0.3 is 20.5 Å². The lowest BCUT2D eigenvalue weighted by molar-refractivity contribution is -0.135. The second kappa shape index (κ2) is 7.25. The molecule has 1 aromatic rings. The molecule has 2 amide bonds. The number of hydrogen-bond donors (Lipinski definition) is 3. The minimum atomic E-state index is -1.09. The van der Waals surface area contributed by atoms with Gasteiger partial charge in [-0.1, -0.05) is 13.8 Å². The number of carbonyl (C=O) groups is 2. The van der Waals surface area contributed by atoms with E-state index in [1.54, 1.807) is 24.3 Å². The maximum atomic E-state index is 11.3. The topological polar surface area (TPSA) is 87.7 Å². The normalized spacial score (nSPS) is 10.1. The number of nitrogens with one attached hydrogen (secondary N) is 2. The Morgan fingerprint density at radius 2 is 1.89 bits per heavy atom. The van der Waals surface area contributed by atoms with Crippen molar-refractivity contribution in [2.75, 3.05) is 18.5 Å². The zero-order chi connectivity index (χ0) is 14.3. The van der Waals surface area contributed by atoms with Crippen LogP contribution in [0, 0.1) is 5.92 Å². The molecule has 0 radical (unpaired) electrons. The van der Waals surface area contributed by atoms with Crippen molar-refractivity contribution >= 4 is 17.7 Å². The van der Waals surface area contributed by atoms with Gasteiger partial charge in [0.1, 0.15) is 12.3 Å². The minimum absolute atomic E-state index is 0.415. The summed E-state index contributed by atoms with van der Waals surface area (Å²) in [5, 5.41) is 13.1. The van der Waals surface area contributed by atoms with E-state index in [0.717, 1.165) is 5.75 Å². The van der Waals surface area contributed by atoms with E-state index in [-0.39, 0.29) is 0 Å². The van der Waals surface area contributed by atoms with Gasteiger partial charge in [-0.15, -0.1) is 0 Å². The van der Waals surface area contributed by atoms with Crippen LogP contribution in [0.2, 0.25) is 0 Å². The fraction of sp³-hybridized carbons (Fsp3) is 0.385. The molecule has 0 aromatic heterocycles. The third-order valence-electron chi connectivity index (χ3n) is 2.10. The molecule has 0 aliphatic carbocycles. The zero-order valence-electron chi connectivity index (χ0n) is 11.0. The predicted molar refractivity (Wildman–Crippen MR) is 71.4 cm³/mol. The van der Waals surface area contributed by atoms with Crippen LogP contribution in [0.5, 0.6) is 5.75 Å². The average molecular weight is 266 g/mol. The number of urea groups is 1. The van der Waals surface area contributed by atoms with Crippen LogP contribution in [0.3, 0.4) is 0 Å². The molecule has 0 bridgehead atoms. The lowest BCUT2D eigenvalue weighted by atomic mass is 10.2. The summed E-state index contributed by atoms with van der Waals surface area (Å²) in [5.74, 6) is 0.0809. The molecule has 1 rings (SSSR count). The quantitative estimate of drug-likeness (QED) is 0.734. The van der Waals surface area contributed by atoms with E-state index in [1.807, 2.05) is 0 Å². The second-order valence-corrected chi connectivity index (χ2v) is 4.43. The largest absolute Gasteiger partial charge is 0.493 e. The van der Waals surface area contributed by atoms with Crippen molar-refractivity contribution in [1.82, 2.24) is 5.32 Å². The Kier molecular flexibility index (Phi) is 5.66. The van der Waals surface area contributed by atoms with Gasteiger partial charge in [0.25, 0.3) is 0 Å². The molecule has 3 N–H and O–H groups in total. The van der Waals surface area contributed by atoms with E-state index in [2.05, 4.69) is 24.5 Å². The molecule has 0 atom stereocenters. The Morgan fingerprint density at radius 3 is 2.42 bits per heavy atom. The van der Waals surface area contributed by atoms with Crippen molar-refractivity contribution in [2.45, 2.75) is 13.8 Å². The van der Waals surface area contributed by atoms with Crippen LogP contribution in [0.4, 0.5) is 10.5 Å². The standard InChI is InChI=1S/C13H18N2O4/c1-9(2)8-19-11-5-3-10(4-6-11)15-13(18)14-7-12(16)17/h3-6,9H,7-8H2,1-2H3,(H,16,17)(H2,14,15,18). The molecule has 6 heteroatoms. The van der Waals surface area contributed by atoms with Crippen LogP contribution in [-0.4, -0.2) is 30.3 Å². The lowest BCUT2D eigenvalue weighted by Crippen LogP contribution is -2.33. The van der Waals surface area contributed by atoms with Gasteiger partial charge in [0.15, 0.2) is 0 Å².